The number of likely N-dealkylation sites (tertiary alicyclic amines) is 1. The maximum atomic E-state index is 13.4. The van der Waals surface area contributed by atoms with Crippen molar-refractivity contribution in [1.29, 1.82) is 0 Å². The summed E-state index contributed by atoms with van der Waals surface area (Å²) in [5.74, 6) is 0.541. The second-order valence-corrected chi connectivity index (χ2v) is 12.9. The van der Waals surface area contributed by atoms with Gasteiger partial charge in [0.05, 0.1) is 11.2 Å². The van der Waals surface area contributed by atoms with Gasteiger partial charge < -0.3 is 24.3 Å². The van der Waals surface area contributed by atoms with Gasteiger partial charge in [0, 0.05) is 36.2 Å². The van der Waals surface area contributed by atoms with E-state index in [9.17, 15) is 9.59 Å². The number of aromatic nitrogens is 2. The Hall–Kier alpha value is -1.85. The van der Waals surface area contributed by atoms with Crippen molar-refractivity contribution in [3.8, 4) is 0 Å². The summed E-state index contributed by atoms with van der Waals surface area (Å²) >= 11 is 1.52. The van der Waals surface area contributed by atoms with Gasteiger partial charge in [0.1, 0.15) is 11.6 Å². The predicted octanol–water partition coefficient (Wildman–Crippen LogP) is 3.41. The van der Waals surface area contributed by atoms with Crippen LogP contribution in [0.5, 0.6) is 0 Å². The first kappa shape index (κ1) is 28.7. The number of alkyl carbamates (subject to hydrolysis) is 1. The Morgan fingerprint density at radius 3 is 2.31 bits per heavy atom. The van der Waals surface area contributed by atoms with Gasteiger partial charge in [-0.15, -0.1) is 0 Å². The van der Waals surface area contributed by atoms with Crippen molar-refractivity contribution in [2.24, 2.45) is 5.92 Å². The smallest absolute Gasteiger partial charge is 0.444 e. The first-order valence-corrected chi connectivity index (χ1v) is 13.7. The van der Waals surface area contributed by atoms with Gasteiger partial charge in [-0.05, 0) is 67.2 Å². The second kappa shape index (κ2) is 10.9. The van der Waals surface area contributed by atoms with Crippen LogP contribution >= 0.6 is 11.8 Å². The molecule has 200 valence electrons. The summed E-state index contributed by atoms with van der Waals surface area (Å²) in [4.78, 5) is 36.6. The second-order valence-electron chi connectivity index (χ2n) is 11.9. The molecule has 0 bridgehead atoms. The molecule has 2 aliphatic rings. The van der Waals surface area contributed by atoms with Gasteiger partial charge in [0.2, 0.25) is 5.91 Å². The molecule has 3 rings (SSSR count). The van der Waals surface area contributed by atoms with Crippen LogP contribution in [0.1, 0.15) is 75.2 Å². The number of nitrogens with zero attached hydrogens (tertiary/aromatic N) is 3. The summed E-state index contributed by atoms with van der Waals surface area (Å²) in [6.45, 7) is 18.0. The Kier molecular flexibility index (Phi) is 8.67. The van der Waals surface area contributed by atoms with E-state index < -0.39 is 36.1 Å². The summed E-state index contributed by atoms with van der Waals surface area (Å²) in [6, 6.07) is -0.587. The standard InChI is InChI=1S/C25H41BN4O5S/c1-16(2)19(29-22(32)33-23(3,4)5)20(31)30-12-10-11-18(30)15-36-21-27-13-17(14-28-21)26-34-24(6,7)25(8,9)35-26/h13-14,16,18-19H,10-12,15H2,1-9H3,(H,29,32)/t18-,19+/m1/s1. The molecule has 1 aromatic rings. The molecule has 2 fully saturated rings. The molecule has 2 atom stereocenters. The topological polar surface area (TPSA) is 103 Å². The molecular formula is C25H41BN4O5S. The van der Waals surface area contributed by atoms with Crippen LogP contribution in [0.3, 0.4) is 0 Å². The fourth-order valence-corrected chi connectivity index (χ4v) is 5.04. The maximum Gasteiger partial charge on any atom is 0.498 e. The normalized spacial score (nSPS) is 22.1. The number of hydrogen-bond acceptors (Lipinski definition) is 8. The fraction of sp³-hybridized carbons (Fsp3) is 0.760. The molecule has 2 aliphatic heterocycles. The molecule has 3 heterocycles. The van der Waals surface area contributed by atoms with Crippen molar-refractivity contribution in [2.75, 3.05) is 12.3 Å². The Balaban J connectivity index is 1.58. The molecule has 1 aromatic heterocycles. The molecule has 0 unspecified atom stereocenters. The molecule has 0 spiro atoms. The van der Waals surface area contributed by atoms with E-state index in [0.29, 0.717) is 17.5 Å². The third-order valence-corrected chi connectivity index (χ3v) is 7.86. The summed E-state index contributed by atoms with van der Waals surface area (Å²) < 4.78 is 17.5. The summed E-state index contributed by atoms with van der Waals surface area (Å²) in [6.07, 6.45) is 4.75. The van der Waals surface area contributed by atoms with Crippen molar-refractivity contribution in [1.82, 2.24) is 20.2 Å². The number of hydrogen-bond donors (Lipinski definition) is 1. The van der Waals surface area contributed by atoms with E-state index in [1.165, 1.54) is 11.8 Å². The quantitative estimate of drug-likeness (QED) is 0.332. The highest BCUT2D eigenvalue weighted by Crippen LogP contribution is 2.36. The molecule has 11 heteroatoms. The van der Waals surface area contributed by atoms with E-state index >= 15 is 0 Å². The van der Waals surface area contributed by atoms with Crippen LogP contribution in [-0.4, -0.2) is 75.2 Å². The molecule has 36 heavy (non-hydrogen) atoms. The van der Waals surface area contributed by atoms with E-state index in [-0.39, 0.29) is 17.9 Å². The Morgan fingerprint density at radius 1 is 1.19 bits per heavy atom. The van der Waals surface area contributed by atoms with E-state index in [2.05, 4.69) is 15.3 Å². The number of ether oxygens (including phenoxy) is 1. The number of thioether (sulfide) groups is 1. The zero-order valence-corrected chi connectivity index (χ0v) is 23.9. The van der Waals surface area contributed by atoms with Crippen LogP contribution < -0.4 is 10.8 Å². The predicted molar refractivity (Wildman–Crippen MR) is 141 cm³/mol. The van der Waals surface area contributed by atoms with Crippen LogP contribution in [-0.2, 0) is 18.8 Å². The van der Waals surface area contributed by atoms with Gasteiger partial charge >= 0.3 is 13.2 Å². The number of amides is 2. The van der Waals surface area contributed by atoms with Crippen LogP contribution in [0, 0.1) is 5.92 Å². The molecule has 2 saturated heterocycles. The first-order valence-electron chi connectivity index (χ1n) is 12.7. The molecule has 1 N–H and O–H groups in total. The number of carbonyl (C=O) groups is 2. The van der Waals surface area contributed by atoms with Gasteiger partial charge in [0.25, 0.3) is 0 Å². The van der Waals surface area contributed by atoms with Gasteiger partial charge in [-0.2, -0.15) is 0 Å². The fourth-order valence-electron chi connectivity index (χ4n) is 4.10. The third-order valence-electron chi connectivity index (χ3n) is 6.84. The van der Waals surface area contributed by atoms with Crippen LogP contribution in [0.25, 0.3) is 0 Å². The Bertz CT molecular complexity index is 919. The van der Waals surface area contributed by atoms with Crippen LogP contribution in [0.4, 0.5) is 4.79 Å². The minimum atomic E-state index is -0.638. The van der Waals surface area contributed by atoms with Crippen molar-refractivity contribution >= 4 is 36.3 Å². The summed E-state index contributed by atoms with van der Waals surface area (Å²) in [5.41, 5.74) is -0.686. The zero-order valence-electron chi connectivity index (χ0n) is 23.1. The van der Waals surface area contributed by atoms with Crippen molar-refractivity contribution in [3.63, 3.8) is 0 Å². The van der Waals surface area contributed by atoms with Gasteiger partial charge in [-0.3, -0.25) is 4.79 Å². The van der Waals surface area contributed by atoms with E-state index in [4.69, 9.17) is 14.0 Å². The lowest BCUT2D eigenvalue weighted by molar-refractivity contribution is -0.135. The lowest BCUT2D eigenvalue weighted by Crippen LogP contribution is -2.53. The van der Waals surface area contributed by atoms with Crippen molar-refractivity contribution < 1.29 is 23.6 Å². The highest BCUT2D eigenvalue weighted by molar-refractivity contribution is 7.99. The Labute approximate surface area is 220 Å². The Morgan fingerprint density at radius 2 is 1.78 bits per heavy atom. The highest BCUT2D eigenvalue weighted by Gasteiger charge is 2.52. The van der Waals surface area contributed by atoms with E-state index in [0.717, 1.165) is 18.3 Å². The SMILES string of the molecule is CC(C)[C@H](NC(=O)OC(C)(C)C)C(=O)N1CCC[C@@H]1CSc1ncc(B2OC(C)(C)C(C)(C)O2)cn1. The third kappa shape index (κ3) is 6.92. The number of carbonyl (C=O) groups excluding carboxylic acids is 2. The molecule has 0 aromatic carbocycles. The maximum absolute atomic E-state index is 13.4. The lowest BCUT2D eigenvalue weighted by atomic mass is 9.81. The average molecular weight is 521 g/mol. The monoisotopic (exact) mass is 520 g/mol. The minimum Gasteiger partial charge on any atom is -0.444 e. The number of nitrogens with one attached hydrogen (secondary N) is 1. The van der Waals surface area contributed by atoms with E-state index in [1.54, 1.807) is 33.2 Å². The highest BCUT2D eigenvalue weighted by atomic mass is 32.2. The van der Waals surface area contributed by atoms with Crippen molar-refractivity contribution in [3.05, 3.63) is 12.4 Å². The van der Waals surface area contributed by atoms with Gasteiger partial charge in [-0.1, -0.05) is 25.6 Å². The molecule has 0 radical (unpaired) electrons. The zero-order chi connectivity index (χ0) is 26.9. The molecule has 2 amide bonds. The molecule has 0 aliphatic carbocycles. The van der Waals surface area contributed by atoms with Gasteiger partial charge in [-0.25, -0.2) is 14.8 Å². The first-order chi connectivity index (χ1) is 16.6. The van der Waals surface area contributed by atoms with Gasteiger partial charge in [0.15, 0.2) is 5.16 Å². The summed E-state index contributed by atoms with van der Waals surface area (Å²) in [5, 5.41) is 3.42. The number of rotatable bonds is 7. The minimum absolute atomic E-state index is 0.0514. The van der Waals surface area contributed by atoms with Crippen LogP contribution in [0.2, 0.25) is 0 Å². The van der Waals surface area contributed by atoms with Crippen LogP contribution in [0.15, 0.2) is 17.6 Å². The molecular weight excluding hydrogens is 479 g/mol. The molecule has 9 nitrogen and oxygen atoms in total. The largest absolute Gasteiger partial charge is 0.498 e. The lowest BCUT2D eigenvalue weighted by Gasteiger charge is -2.32. The summed E-state index contributed by atoms with van der Waals surface area (Å²) in [7, 11) is -0.498. The average Bonchev–Trinajstić information content (AvgIpc) is 3.30. The van der Waals surface area contributed by atoms with Crippen molar-refractivity contribution in [2.45, 2.75) is 109 Å². The molecule has 0 saturated carbocycles. The van der Waals surface area contributed by atoms with E-state index in [1.807, 2.05) is 46.4 Å².